The molecule has 2 aromatic heterocycles. The van der Waals surface area contributed by atoms with Gasteiger partial charge in [-0.05, 0) is 53.2 Å². The number of nitrogens with one attached hydrogen (secondary N) is 1. The Bertz CT molecular complexity index is 1200. The van der Waals surface area contributed by atoms with E-state index in [1.54, 1.807) is 52.4 Å². The molecule has 1 N–H and O–H groups in total. The molecule has 3 rings (SSSR count). The lowest BCUT2D eigenvalue weighted by Crippen LogP contribution is -2.44. The molecular weight excluding hydrogens is 458 g/mol. The normalized spacial score (nSPS) is 12.2. The first-order valence-corrected chi connectivity index (χ1v) is 11.9. The number of aromatic nitrogens is 4. The number of amides is 1. The summed E-state index contributed by atoms with van der Waals surface area (Å²) >= 11 is 1.34. The highest BCUT2D eigenvalue weighted by atomic mass is 32.2. The SMILES string of the molecule is COCCCn1c(SCc2nc(C(C)(C)NC(=O)OC(C)(C)C)no2)nc2ccccc2c1=O. The Balaban J connectivity index is 1.77. The minimum atomic E-state index is -0.905. The van der Waals surface area contributed by atoms with E-state index in [0.29, 0.717) is 53.1 Å². The van der Waals surface area contributed by atoms with Gasteiger partial charge in [0.1, 0.15) is 11.1 Å². The van der Waals surface area contributed by atoms with Crippen LogP contribution in [0.2, 0.25) is 0 Å². The number of hydrogen-bond acceptors (Lipinski definition) is 9. The summed E-state index contributed by atoms with van der Waals surface area (Å²) in [4.78, 5) is 34.3. The van der Waals surface area contributed by atoms with Crippen LogP contribution in [0.15, 0.2) is 38.7 Å². The predicted molar refractivity (Wildman–Crippen MR) is 129 cm³/mol. The van der Waals surface area contributed by atoms with Gasteiger partial charge >= 0.3 is 6.09 Å². The maximum absolute atomic E-state index is 13.1. The van der Waals surface area contributed by atoms with Crippen molar-refractivity contribution in [2.75, 3.05) is 13.7 Å². The van der Waals surface area contributed by atoms with Gasteiger partial charge in [-0.25, -0.2) is 9.78 Å². The molecule has 0 spiro atoms. The fourth-order valence-corrected chi connectivity index (χ4v) is 3.99. The molecule has 0 saturated carbocycles. The highest BCUT2D eigenvalue weighted by Crippen LogP contribution is 2.24. The van der Waals surface area contributed by atoms with E-state index in [1.165, 1.54) is 11.8 Å². The van der Waals surface area contributed by atoms with Gasteiger partial charge in [-0.15, -0.1) is 0 Å². The number of para-hydroxylation sites is 1. The fourth-order valence-electron chi connectivity index (χ4n) is 3.13. The van der Waals surface area contributed by atoms with Gasteiger partial charge in [0.2, 0.25) is 5.89 Å². The maximum Gasteiger partial charge on any atom is 0.408 e. The summed E-state index contributed by atoms with van der Waals surface area (Å²) in [6, 6.07) is 7.26. The van der Waals surface area contributed by atoms with Crippen molar-refractivity contribution in [3.05, 3.63) is 46.3 Å². The van der Waals surface area contributed by atoms with Crippen molar-refractivity contribution in [2.24, 2.45) is 0 Å². The van der Waals surface area contributed by atoms with Crippen LogP contribution in [0.5, 0.6) is 0 Å². The van der Waals surface area contributed by atoms with Crippen LogP contribution in [-0.4, -0.2) is 45.1 Å². The molecule has 1 aromatic carbocycles. The van der Waals surface area contributed by atoms with Gasteiger partial charge in [0.05, 0.1) is 16.7 Å². The lowest BCUT2D eigenvalue weighted by Gasteiger charge is -2.26. The van der Waals surface area contributed by atoms with E-state index in [-0.39, 0.29) is 5.56 Å². The summed E-state index contributed by atoms with van der Waals surface area (Å²) in [6.45, 7) is 9.91. The first kappa shape index (κ1) is 25.7. The highest BCUT2D eigenvalue weighted by Gasteiger charge is 2.31. The Labute approximate surface area is 202 Å². The van der Waals surface area contributed by atoms with Gasteiger partial charge in [-0.1, -0.05) is 29.1 Å². The average molecular weight is 490 g/mol. The average Bonchev–Trinajstić information content (AvgIpc) is 3.22. The summed E-state index contributed by atoms with van der Waals surface area (Å²) in [7, 11) is 1.63. The number of carbonyl (C=O) groups is 1. The van der Waals surface area contributed by atoms with E-state index < -0.39 is 17.2 Å². The fraction of sp³-hybridized carbons (Fsp3) is 0.522. The molecule has 0 bridgehead atoms. The van der Waals surface area contributed by atoms with Crippen LogP contribution < -0.4 is 10.9 Å². The van der Waals surface area contributed by atoms with E-state index in [9.17, 15) is 9.59 Å². The minimum Gasteiger partial charge on any atom is -0.444 e. The van der Waals surface area contributed by atoms with Crippen LogP contribution in [0.1, 0.15) is 52.8 Å². The van der Waals surface area contributed by atoms with Crippen LogP contribution >= 0.6 is 11.8 Å². The predicted octanol–water partition coefficient (Wildman–Crippen LogP) is 3.87. The van der Waals surface area contributed by atoms with Crippen molar-refractivity contribution in [1.29, 1.82) is 0 Å². The second-order valence-corrected chi connectivity index (χ2v) is 10.2. The Morgan fingerprint density at radius 3 is 2.62 bits per heavy atom. The molecule has 184 valence electrons. The molecule has 2 heterocycles. The number of rotatable bonds is 9. The Morgan fingerprint density at radius 2 is 1.91 bits per heavy atom. The Kier molecular flexibility index (Phi) is 7.98. The molecule has 0 fully saturated rings. The summed E-state index contributed by atoms with van der Waals surface area (Å²) in [5.41, 5.74) is -0.992. The summed E-state index contributed by atoms with van der Waals surface area (Å²) < 4.78 is 17.5. The molecular formula is C23H31N5O5S. The number of thioether (sulfide) groups is 1. The van der Waals surface area contributed by atoms with Gasteiger partial charge in [-0.2, -0.15) is 4.98 Å². The lowest BCUT2D eigenvalue weighted by molar-refractivity contribution is 0.0465. The van der Waals surface area contributed by atoms with Crippen molar-refractivity contribution in [1.82, 2.24) is 25.0 Å². The number of nitrogens with zero attached hydrogens (tertiary/aromatic N) is 4. The van der Waals surface area contributed by atoms with Crippen LogP contribution in [0.25, 0.3) is 10.9 Å². The van der Waals surface area contributed by atoms with Crippen molar-refractivity contribution < 1.29 is 18.8 Å². The molecule has 10 nitrogen and oxygen atoms in total. The lowest BCUT2D eigenvalue weighted by atomic mass is 10.1. The number of carbonyl (C=O) groups excluding carboxylic acids is 1. The van der Waals surface area contributed by atoms with E-state index in [2.05, 4.69) is 20.4 Å². The number of fused-ring (bicyclic) bond motifs is 1. The molecule has 0 atom stereocenters. The van der Waals surface area contributed by atoms with Gasteiger partial charge in [-0.3, -0.25) is 9.36 Å². The topological polar surface area (TPSA) is 121 Å². The van der Waals surface area contributed by atoms with Gasteiger partial charge in [0.25, 0.3) is 5.56 Å². The zero-order valence-electron chi connectivity index (χ0n) is 20.4. The minimum absolute atomic E-state index is 0.0990. The molecule has 0 aliphatic carbocycles. The van der Waals surface area contributed by atoms with Crippen molar-refractivity contribution in [2.45, 2.75) is 69.6 Å². The summed E-state index contributed by atoms with van der Waals surface area (Å²) in [5.74, 6) is 0.979. The monoisotopic (exact) mass is 489 g/mol. The third kappa shape index (κ3) is 6.57. The zero-order valence-corrected chi connectivity index (χ0v) is 21.2. The standard InChI is InChI=1S/C23H31N5O5S/c1-22(2,3)32-21(30)26-23(4,5)19-25-17(33-27-19)14-34-20-24-16-11-8-7-10-15(16)18(29)28(20)12-9-13-31-6/h7-8,10-11H,9,12-14H2,1-6H3,(H,26,30). The van der Waals surface area contributed by atoms with Crippen LogP contribution in [-0.2, 0) is 27.3 Å². The number of benzene rings is 1. The van der Waals surface area contributed by atoms with Crippen LogP contribution in [0.3, 0.4) is 0 Å². The molecule has 0 unspecified atom stereocenters. The van der Waals surface area contributed by atoms with Crippen molar-refractivity contribution >= 4 is 28.8 Å². The van der Waals surface area contributed by atoms with Gasteiger partial charge in [0.15, 0.2) is 11.0 Å². The molecule has 3 aromatic rings. The van der Waals surface area contributed by atoms with E-state index in [1.807, 2.05) is 18.2 Å². The molecule has 34 heavy (non-hydrogen) atoms. The van der Waals surface area contributed by atoms with Gasteiger partial charge in [0, 0.05) is 20.3 Å². The molecule has 11 heteroatoms. The van der Waals surface area contributed by atoms with Gasteiger partial charge < -0.3 is 19.3 Å². The molecule has 0 saturated heterocycles. The third-order valence-corrected chi connectivity index (χ3v) is 5.68. The smallest absolute Gasteiger partial charge is 0.408 e. The van der Waals surface area contributed by atoms with E-state index in [0.717, 1.165) is 0 Å². The summed E-state index contributed by atoms with van der Waals surface area (Å²) in [5, 5.41) is 7.91. The van der Waals surface area contributed by atoms with E-state index in [4.69, 9.17) is 14.0 Å². The largest absolute Gasteiger partial charge is 0.444 e. The molecule has 1 amide bonds. The number of hydrogen-bond donors (Lipinski definition) is 1. The number of alkyl carbamates (subject to hydrolysis) is 1. The zero-order chi connectivity index (χ0) is 24.9. The first-order chi connectivity index (χ1) is 16.0. The number of ether oxygens (including phenoxy) is 2. The van der Waals surface area contributed by atoms with Crippen molar-refractivity contribution in [3.63, 3.8) is 0 Å². The first-order valence-electron chi connectivity index (χ1n) is 11.0. The molecule has 0 aliphatic rings. The second-order valence-electron chi connectivity index (χ2n) is 9.27. The van der Waals surface area contributed by atoms with Crippen LogP contribution in [0, 0.1) is 0 Å². The second kappa shape index (κ2) is 10.6. The Hall–Kier alpha value is -2.92. The quantitative estimate of drug-likeness (QED) is 0.271. The third-order valence-electron chi connectivity index (χ3n) is 4.72. The Morgan fingerprint density at radius 1 is 1.18 bits per heavy atom. The molecule has 0 aliphatic heterocycles. The number of methoxy groups -OCH3 is 1. The van der Waals surface area contributed by atoms with E-state index >= 15 is 0 Å². The highest BCUT2D eigenvalue weighted by molar-refractivity contribution is 7.98. The maximum atomic E-state index is 13.1. The molecule has 0 radical (unpaired) electrons. The van der Waals surface area contributed by atoms with Crippen LogP contribution in [0.4, 0.5) is 4.79 Å². The van der Waals surface area contributed by atoms with Crippen molar-refractivity contribution in [3.8, 4) is 0 Å². The summed E-state index contributed by atoms with van der Waals surface area (Å²) in [6.07, 6.45) is 0.109.